The standard InChI is InChI=1S/C27H37BN4O6/c1-26(2,31-12-14-37-15-13-31)17-21(18-29)24(33)32-22-8-10-27(32,11-9-22)19-38-25(34)30-23(28(35)36)16-20-6-4-3-5-7-20/h3-7,17,22-23,35-36H,8-16,19H2,1-2H3,(H,30,34)/t22?,23-,27?/m0/s1. The number of rotatable bonds is 9. The molecule has 11 heteroatoms. The number of amides is 2. The third kappa shape index (κ3) is 6.21. The molecule has 0 unspecified atom stereocenters. The quantitative estimate of drug-likeness (QED) is 0.251. The van der Waals surface area contributed by atoms with Crippen LogP contribution in [-0.2, 0) is 20.7 Å². The van der Waals surface area contributed by atoms with Crippen LogP contribution in [0, 0.1) is 11.3 Å². The highest BCUT2D eigenvalue weighted by molar-refractivity contribution is 6.43. The summed E-state index contributed by atoms with van der Waals surface area (Å²) < 4.78 is 11.0. The highest BCUT2D eigenvalue weighted by Gasteiger charge is 2.55. The molecular formula is C27H37BN4O6. The Kier molecular flexibility index (Phi) is 8.78. The first-order valence-electron chi connectivity index (χ1n) is 13.3. The SMILES string of the molecule is CC(C)(C=C(C#N)C(=O)N1C2CCC1(COC(=O)N[C@@H](Cc1ccccc1)B(O)O)CC2)N1CCOCC1. The second-order valence-electron chi connectivity index (χ2n) is 11.0. The molecule has 2 amide bonds. The Bertz CT molecular complexity index is 1060. The monoisotopic (exact) mass is 524 g/mol. The number of benzene rings is 1. The van der Waals surface area contributed by atoms with Gasteiger partial charge in [-0.1, -0.05) is 30.3 Å². The van der Waals surface area contributed by atoms with E-state index in [1.165, 1.54) is 0 Å². The number of alkyl carbamates (subject to hydrolysis) is 1. The van der Waals surface area contributed by atoms with E-state index in [1.807, 2.05) is 44.2 Å². The van der Waals surface area contributed by atoms with E-state index in [9.17, 15) is 24.9 Å². The van der Waals surface area contributed by atoms with Gasteiger partial charge >= 0.3 is 13.2 Å². The van der Waals surface area contributed by atoms with Crippen LogP contribution in [0.1, 0.15) is 45.1 Å². The van der Waals surface area contributed by atoms with Crippen LogP contribution in [0.4, 0.5) is 4.79 Å². The van der Waals surface area contributed by atoms with Crippen LogP contribution in [0.2, 0.25) is 0 Å². The molecule has 0 spiro atoms. The molecule has 4 rings (SSSR count). The van der Waals surface area contributed by atoms with Crippen LogP contribution in [-0.4, -0.2) is 94.9 Å². The van der Waals surface area contributed by atoms with Gasteiger partial charge in [0, 0.05) is 24.7 Å². The molecule has 3 fully saturated rings. The molecule has 1 aromatic carbocycles. The van der Waals surface area contributed by atoms with Gasteiger partial charge in [-0.25, -0.2) is 4.79 Å². The molecular weight excluding hydrogens is 487 g/mol. The fourth-order valence-electron chi connectivity index (χ4n) is 5.97. The predicted molar refractivity (Wildman–Crippen MR) is 141 cm³/mol. The molecule has 10 nitrogen and oxygen atoms in total. The fourth-order valence-corrected chi connectivity index (χ4v) is 5.97. The minimum atomic E-state index is -1.76. The first kappa shape index (κ1) is 28.1. The maximum Gasteiger partial charge on any atom is 0.475 e. The van der Waals surface area contributed by atoms with Crippen molar-refractivity contribution in [3.8, 4) is 6.07 Å². The van der Waals surface area contributed by atoms with Gasteiger partial charge in [0.25, 0.3) is 5.91 Å². The number of carbonyl (C=O) groups excluding carboxylic acids is 2. The number of nitrogens with one attached hydrogen (secondary N) is 1. The van der Waals surface area contributed by atoms with Crippen molar-refractivity contribution in [1.82, 2.24) is 15.1 Å². The minimum Gasteiger partial charge on any atom is -0.447 e. The summed E-state index contributed by atoms with van der Waals surface area (Å²) in [6.07, 6.45) is 4.12. The van der Waals surface area contributed by atoms with Crippen molar-refractivity contribution >= 4 is 19.1 Å². The molecule has 3 aliphatic rings. The number of hydrogen-bond acceptors (Lipinski definition) is 8. The lowest BCUT2D eigenvalue weighted by molar-refractivity contribution is -0.132. The van der Waals surface area contributed by atoms with Gasteiger partial charge in [-0.2, -0.15) is 5.26 Å². The summed E-state index contributed by atoms with van der Waals surface area (Å²) in [6.45, 7) is 6.64. The van der Waals surface area contributed by atoms with E-state index >= 15 is 0 Å². The maximum atomic E-state index is 13.7. The number of fused-ring (bicyclic) bond motifs is 2. The smallest absolute Gasteiger partial charge is 0.447 e. The molecule has 0 aliphatic carbocycles. The molecule has 2 bridgehead atoms. The third-order valence-corrected chi connectivity index (χ3v) is 8.09. The second kappa shape index (κ2) is 11.9. The zero-order valence-electron chi connectivity index (χ0n) is 22.1. The number of carbonyl (C=O) groups is 2. The number of ether oxygens (including phenoxy) is 2. The first-order chi connectivity index (χ1) is 18.1. The van der Waals surface area contributed by atoms with E-state index in [2.05, 4.69) is 16.3 Å². The lowest BCUT2D eigenvalue weighted by Gasteiger charge is -2.39. The van der Waals surface area contributed by atoms with Crippen LogP contribution < -0.4 is 5.32 Å². The van der Waals surface area contributed by atoms with Gasteiger partial charge in [0.05, 0.1) is 24.7 Å². The van der Waals surface area contributed by atoms with Gasteiger partial charge in [-0.3, -0.25) is 9.69 Å². The van der Waals surface area contributed by atoms with Crippen LogP contribution in [0.15, 0.2) is 42.0 Å². The van der Waals surface area contributed by atoms with E-state index in [0.29, 0.717) is 26.1 Å². The van der Waals surface area contributed by atoms with Crippen LogP contribution in [0.25, 0.3) is 0 Å². The molecule has 0 aromatic heterocycles. The molecule has 3 heterocycles. The Morgan fingerprint density at radius 3 is 2.53 bits per heavy atom. The summed E-state index contributed by atoms with van der Waals surface area (Å²) in [5.41, 5.74) is -0.238. The fraction of sp³-hybridized carbons (Fsp3) is 0.593. The summed E-state index contributed by atoms with van der Waals surface area (Å²) in [4.78, 5) is 30.3. The molecule has 3 N–H and O–H groups in total. The Labute approximate surface area is 224 Å². The van der Waals surface area contributed by atoms with Crippen LogP contribution in [0.5, 0.6) is 0 Å². The van der Waals surface area contributed by atoms with Crippen molar-refractivity contribution in [2.45, 2.75) is 69.0 Å². The number of nitriles is 1. The van der Waals surface area contributed by atoms with Crippen LogP contribution >= 0.6 is 0 Å². The summed E-state index contributed by atoms with van der Waals surface area (Å²) in [6, 6.07) is 11.3. The van der Waals surface area contributed by atoms with Crippen molar-refractivity contribution < 1.29 is 29.1 Å². The first-order valence-corrected chi connectivity index (χ1v) is 13.3. The van der Waals surface area contributed by atoms with E-state index < -0.39 is 30.2 Å². The van der Waals surface area contributed by atoms with Gasteiger partial charge in [-0.05, 0) is 57.6 Å². The summed E-state index contributed by atoms with van der Waals surface area (Å²) in [5, 5.41) is 32.0. The predicted octanol–water partition coefficient (Wildman–Crippen LogP) is 1.42. The van der Waals surface area contributed by atoms with Gasteiger partial charge in [0.15, 0.2) is 0 Å². The molecule has 3 saturated heterocycles. The Balaban J connectivity index is 1.42. The zero-order valence-corrected chi connectivity index (χ0v) is 22.1. The van der Waals surface area contributed by atoms with Gasteiger partial charge in [0.2, 0.25) is 0 Å². The molecule has 3 aliphatic heterocycles. The minimum absolute atomic E-state index is 0.00232. The van der Waals surface area contributed by atoms with E-state index in [0.717, 1.165) is 31.5 Å². The van der Waals surface area contributed by atoms with Crippen molar-refractivity contribution in [1.29, 1.82) is 5.26 Å². The van der Waals surface area contributed by atoms with Crippen molar-refractivity contribution in [3.05, 3.63) is 47.5 Å². The summed E-state index contributed by atoms with van der Waals surface area (Å²) in [5.74, 6) is -1.28. The van der Waals surface area contributed by atoms with Gasteiger partial charge in [-0.15, -0.1) is 0 Å². The molecule has 1 atom stereocenters. The topological polar surface area (TPSA) is 135 Å². The highest BCUT2D eigenvalue weighted by atomic mass is 16.6. The molecule has 1 aromatic rings. The zero-order chi connectivity index (χ0) is 27.3. The van der Waals surface area contributed by atoms with Crippen LogP contribution in [0.3, 0.4) is 0 Å². The number of morpholine rings is 1. The molecule has 38 heavy (non-hydrogen) atoms. The van der Waals surface area contributed by atoms with Crippen molar-refractivity contribution in [3.63, 3.8) is 0 Å². The Morgan fingerprint density at radius 2 is 1.92 bits per heavy atom. The Hall–Kier alpha value is -2.91. The molecule has 0 saturated carbocycles. The Morgan fingerprint density at radius 1 is 1.26 bits per heavy atom. The molecule has 204 valence electrons. The van der Waals surface area contributed by atoms with Crippen molar-refractivity contribution in [2.24, 2.45) is 0 Å². The van der Waals surface area contributed by atoms with E-state index in [1.54, 1.807) is 11.0 Å². The molecule has 0 radical (unpaired) electrons. The number of hydrogen-bond donors (Lipinski definition) is 3. The van der Waals surface area contributed by atoms with Gasteiger partial charge in [0.1, 0.15) is 18.2 Å². The summed E-state index contributed by atoms with van der Waals surface area (Å²) in [7, 11) is -1.76. The highest BCUT2D eigenvalue weighted by Crippen LogP contribution is 2.47. The largest absolute Gasteiger partial charge is 0.475 e. The van der Waals surface area contributed by atoms with Gasteiger partial charge < -0.3 is 29.7 Å². The van der Waals surface area contributed by atoms with E-state index in [4.69, 9.17) is 9.47 Å². The average molecular weight is 524 g/mol. The lowest BCUT2D eigenvalue weighted by atomic mass is 9.76. The number of nitrogens with zero attached hydrogens (tertiary/aromatic N) is 3. The average Bonchev–Trinajstić information content (AvgIpc) is 3.46. The summed E-state index contributed by atoms with van der Waals surface area (Å²) >= 11 is 0. The maximum absolute atomic E-state index is 13.7. The second-order valence-corrected chi connectivity index (χ2v) is 11.0. The van der Waals surface area contributed by atoms with E-state index in [-0.39, 0.29) is 30.5 Å². The normalized spacial score (nSPS) is 24.6. The third-order valence-electron chi connectivity index (χ3n) is 8.09. The lowest BCUT2D eigenvalue weighted by Crippen LogP contribution is -2.52. The van der Waals surface area contributed by atoms with Crippen molar-refractivity contribution in [2.75, 3.05) is 32.9 Å².